The first kappa shape index (κ1) is 15.4. The Morgan fingerprint density at radius 3 is 2.86 bits per heavy atom. The quantitative estimate of drug-likeness (QED) is 0.721. The van der Waals surface area contributed by atoms with Crippen LogP contribution in [0.1, 0.15) is 43.2 Å². The normalized spacial score (nSPS) is 17.3. The van der Waals surface area contributed by atoms with Gasteiger partial charge in [-0.3, -0.25) is 4.79 Å². The van der Waals surface area contributed by atoms with Crippen LogP contribution in [-0.2, 0) is 11.2 Å². The van der Waals surface area contributed by atoms with Gasteiger partial charge in [-0.1, -0.05) is 24.3 Å². The monoisotopic (exact) mass is 290 g/mol. The number of carbonyl (C=O) groups excluding carboxylic acids is 1. The van der Waals surface area contributed by atoms with Gasteiger partial charge in [0.25, 0.3) is 0 Å². The second kappa shape index (κ2) is 7.11. The summed E-state index contributed by atoms with van der Waals surface area (Å²) >= 11 is 0. The summed E-state index contributed by atoms with van der Waals surface area (Å²) in [6, 6.07) is 8.10. The highest BCUT2D eigenvalue weighted by molar-refractivity contribution is 5.74. The summed E-state index contributed by atoms with van der Waals surface area (Å²) < 4.78 is 0. The van der Waals surface area contributed by atoms with E-state index in [1.54, 1.807) is 0 Å². The molecule has 1 aliphatic rings. The van der Waals surface area contributed by atoms with Gasteiger partial charge in [-0.2, -0.15) is 0 Å². The second-order valence-corrected chi connectivity index (χ2v) is 5.64. The van der Waals surface area contributed by atoms with Crippen LogP contribution in [0.15, 0.2) is 24.3 Å². The molecule has 2 unspecified atom stereocenters. The summed E-state index contributed by atoms with van der Waals surface area (Å²) in [7, 11) is 0. The minimum Gasteiger partial charge on any atom is -0.481 e. The van der Waals surface area contributed by atoms with Crippen molar-refractivity contribution in [2.45, 2.75) is 44.6 Å². The molecule has 2 amide bonds. The van der Waals surface area contributed by atoms with E-state index in [1.165, 1.54) is 11.1 Å². The number of amides is 2. The molecule has 0 fully saturated rings. The number of carbonyl (C=O) groups is 2. The molecule has 5 heteroatoms. The molecular weight excluding hydrogens is 268 g/mol. The summed E-state index contributed by atoms with van der Waals surface area (Å²) in [5.74, 6) is -0.385. The lowest BCUT2D eigenvalue weighted by Gasteiger charge is -2.30. The van der Waals surface area contributed by atoms with E-state index in [9.17, 15) is 9.59 Å². The summed E-state index contributed by atoms with van der Waals surface area (Å²) in [6.07, 6.45) is 2.41. The highest BCUT2D eigenvalue weighted by atomic mass is 16.4. The number of hydrogen-bond donors (Lipinski definition) is 3. The van der Waals surface area contributed by atoms with E-state index in [0.29, 0.717) is 25.3 Å². The lowest BCUT2D eigenvalue weighted by molar-refractivity contribution is -0.137. The number of hydrogen-bond acceptors (Lipinski definition) is 2. The van der Waals surface area contributed by atoms with Crippen LogP contribution in [0, 0.1) is 0 Å². The van der Waals surface area contributed by atoms with Crippen molar-refractivity contribution < 1.29 is 14.7 Å². The molecular formula is C16H22N2O3. The van der Waals surface area contributed by atoms with Crippen LogP contribution in [0.25, 0.3) is 0 Å². The lowest BCUT2D eigenvalue weighted by atomic mass is 9.78. The molecule has 0 bridgehead atoms. The Morgan fingerprint density at radius 2 is 2.14 bits per heavy atom. The number of carboxylic acid groups (broad SMARTS) is 1. The second-order valence-electron chi connectivity index (χ2n) is 5.64. The summed E-state index contributed by atoms with van der Waals surface area (Å²) in [4.78, 5) is 22.2. The van der Waals surface area contributed by atoms with Crippen LogP contribution in [0.4, 0.5) is 4.79 Å². The molecule has 0 spiro atoms. The zero-order chi connectivity index (χ0) is 15.2. The number of nitrogens with one attached hydrogen (secondary N) is 2. The number of rotatable bonds is 7. The predicted molar refractivity (Wildman–Crippen MR) is 80.4 cm³/mol. The fourth-order valence-corrected chi connectivity index (χ4v) is 2.67. The predicted octanol–water partition coefficient (Wildman–Crippen LogP) is 2.27. The third kappa shape index (κ3) is 4.48. The van der Waals surface area contributed by atoms with Crippen LogP contribution >= 0.6 is 0 Å². The number of benzene rings is 1. The van der Waals surface area contributed by atoms with Gasteiger partial charge in [0, 0.05) is 24.9 Å². The smallest absolute Gasteiger partial charge is 0.315 e. The lowest BCUT2D eigenvalue weighted by Crippen LogP contribution is -2.43. The van der Waals surface area contributed by atoms with Crippen molar-refractivity contribution >= 4 is 12.0 Å². The molecule has 0 aliphatic heterocycles. The molecule has 2 atom stereocenters. The third-order valence-corrected chi connectivity index (χ3v) is 3.88. The van der Waals surface area contributed by atoms with Crippen LogP contribution in [0.5, 0.6) is 0 Å². The average molecular weight is 290 g/mol. The van der Waals surface area contributed by atoms with Gasteiger partial charge in [-0.05, 0) is 37.3 Å². The SMILES string of the molecule is CC(CCCC(=O)O)NC(=O)NCC1Cc2ccccc21. The average Bonchev–Trinajstić information content (AvgIpc) is 2.39. The fourth-order valence-electron chi connectivity index (χ4n) is 2.67. The van der Waals surface area contributed by atoms with Gasteiger partial charge in [0.1, 0.15) is 0 Å². The molecule has 5 nitrogen and oxygen atoms in total. The number of urea groups is 1. The Kier molecular flexibility index (Phi) is 5.20. The maximum absolute atomic E-state index is 11.8. The molecule has 1 aliphatic carbocycles. The topological polar surface area (TPSA) is 78.4 Å². The van der Waals surface area contributed by atoms with Crippen molar-refractivity contribution in [1.29, 1.82) is 0 Å². The standard InChI is InChI=1S/C16H22N2O3/c1-11(5-4-8-15(19)20)18-16(21)17-10-13-9-12-6-2-3-7-14(12)13/h2-3,6-7,11,13H,4-5,8-10H2,1H3,(H,19,20)(H2,17,18,21). The van der Waals surface area contributed by atoms with Gasteiger partial charge in [0.2, 0.25) is 0 Å². The van der Waals surface area contributed by atoms with Crippen molar-refractivity contribution in [1.82, 2.24) is 10.6 Å². The minimum atomic E-state index is -0.796. The van der Waals surface area contributed by atoms with Crippen molar-refractivity contribution in [3.63, 3.8) is 0 Å². The van der Waals surface area contributed by atoms with E-state index in [-0.39, 0.29) is 18.5 Å². The molecule has 21 heavy (non-hydrogen) atoms. The molecule has 0 heterocycles. The first-order valence-corrected chi connectivity index (χ1v) is 7.40. The number of aliphatic carboxylic acids is 1. The molecule has 2 rings (SSSR count). The van der Waals surface area contributed by atoms with E-state index in [1.807, 2.05) is 19.1 Å². The Hall–Kier alpha value is -2.04. The zero-order valence-corrected chi connectivity index (χ0v) is 12.3. The maximum Gasteiger partial charge on any atom is 0.315 e. The molecule has 0 radical (unpaired) electrons. The molecule has 3 N–H and O–H groups in total. The van der Waals surface area contributed by atoms with Crippen molar-refractivity contribution in [2.75, 3.05) is 6.54 Å². The van der Waals surface area contributed by atoms with Gasteiger partial charge in [-0.25, -0.2) is 4.79 Å². The van der Waals surface area contributed by atoms with Crippen molar-refractivity contribution in [3.8, 4) is 0 Å². The van der Waals surface area contributed by atoms with Crippen molar-refractivity contribution in [3.05, 3.63) is 35.4 Å². The zero-order valence-electron chi connectivity index (χ0n) is 12.3. The van der Waals surface area contributed by atoms with Gasteiger partial charge < -0.3 is 15.7 Å². The molecule has 0 aromatic heterocycles. The largest absolute Gasteiger partial charge is 0.481 e. The molecule has 0 saturated carbocycles. The molecule has 1 aromatic carbocycles. The van der Waals surface area contributed by atoms with Crippen LogP contribution in [0.2, 0.25) is 0 Å². The van der Waals surface area contributed by atoms with E-state index >= 15 is 0 Å². The molecule has 1 aromatic rings. The maximum atomic E-state index is 11.8. The Balaban J connectivity index is 1.63. The summed E-state index contributed by atoms with van der Waals surface area (Å²) in [5, 5.41) is 14.3. The highest BCUT2D eigenvalue weighted by Gasteiger charge is 2.25. The van der Waals surface area contributed by atoms with Gasteiger partial charge in [0.05, 0.1) is 0 Å². The van der Waals surface area contributed by atoms with Gasteiger partial charge in [-0.15, -0.1) is 0 Å². The molecule has 114 valence electrons. The van der Waals surface area contributed by atoms with E-state index in [0.717, 1.165) is 6.42 Å². The number of carboxylic acids is 1. The third-order valence-electron chi connectivity index (χ3n) is 3.88. The Morgan fingerprint density at radius 1 is 1.38 bits per heavy atom. The number of fused-ring (bicyclic) bond motifs is 1. The van der Waals surface area contributed by atoms with E-state index in [2.05, 4.69) is 22.8 Å². The van der Waals surface area contributed by atoms with Gasteiger partial charge in [0.15, 0.2) is 0 Å². The fraction of sp³-hybridized carbons (Fsp3) is 0.500. The van der Waals surface area contributed by atoms with E-state index in [4.69, 9.17) is 5.11 Å². The highest BCUT2D eigenvalue weighted by Crippen LogP contribution is 2.33. The minimum absolute atomic E-state index is 0.0157. The first-order valence-electron chi connectivity index (χ1n) is 7.40. The molecule has 0 saturated heterocycles. The van der Waals surface area contributed by atoms with Crippen LogP contribution < -0.4 is 10.6 Å². The van der Waals surface area contributed by atoms with Crippen molar-refractivity contribution in [2.24, 2.45) is 0 Å². The Bertz CT molecular complexity index is 516. The Labute approximate surface area is 124 Å². The van der Waals surface area contributed by atoms with Crippen LogP contribution in [0.3, 0.4) is 0 Å². The first-order chi connectivity index (χ1) is 10.1. The summed E-state index contributed by atoms with van der Waals surface area (Å²) in [6.45, 7) is 2.53. The van der Waals surface area contributed by atoms with Crippen LogP contribution in [-0.4, -0.2) is 29.7 Å². The summed E-state index contributed by atoms with van der Waals surface area (Å²) in [5.41, 5.74) is 2.69. The van der Waals surface area contributed by atoms with E-state index < -0.39 is 5.97 Å². The van der Waals surface area contributed by atoms with Gasteiger partial charge >= 0.3 is 12.0 Å².